The van der Waals surface area contributed by atoms with Crippen molar-refractivity contribution >= 4 is 5.78 Å². The molecule has 0 radical (unpaired) electrons. The minimum Gasteiger partial charge on any atom is -0.475 e. The number of ether oxygens (including phenoxy) is 3. The number of Topliss-reactive ketones (excluding diaryl/α,β-unsaturated/α-hetero) is 1. The number of carbonyl (C=O) groups excluding carboxylic acids is 1. The second kappa shape index (κ2) is 11.4. The average molecular weight is 588 g/mol. The highest BCUT2D eigenvalue weighted by atomic mass is 19.4. The molecular weight excluding hydrogens is 560 g/mol. The molecule has 0 N–H and O–H groups in total. The molecule has 0 aliphatic carbocycles. The maximum atomic E-state index is 13.5. The van der Waals surface area contributed by atoms with Gasteiger partial charge in [0.1, 0.15) is 24.2 Å². The van der Waals surface area contributed by atoms with E-state index in [9.17, 15) is 31.1 Å². The van der Waals surface area contributed by atoms with E-state index in [4.69, 9.17) is 14.2 Å². The zero-order chi connectivity index (χ0) is 30.2. The summed E-state index contributed by atoms with van der Waals surface area (Å²) in [5.74, 6) is -1.53. The molecule has 0 amide bonds. The Morgan fingerprint density at radius 2 is 1.85 bits per heavy atom. The largest absolute Gasteiger partial charge is 0.475 e. The van der Waals surface area contributed by atoms with Crippen molar-refractivity contribution in [1.82, 2.24) is 25.0 Å². The Morgan fingerprint density at radius 3 is 2.46 bits per heavy atom. The molecule has 1 atom stereocenters. The van der Waals surface area contributed by atoms with Crippen LogP contribution in [-0.2, 0) is 46.5 Å². The van der Waals surface area contributed by atoms with Crippen LogP contribution in [0.25, 0.3) is 11.3 Å². The summed E-state index contributed by atoms with van der Waals surface area (Å²) >= 11 is 0. The van der Waals surface area contributed by atoms with Gasteiger partial charge in [-0.25, -0.2) is 4.98 Å². The highest BCUT2D eigenvalue weighted by Gasteiger charge is 2.38. The highest BCUT2D eigenvalue weighted by molar-refractivity contribution is 5.81. The van der Waals surface area contributed by atoms with Gasteiger partial charge in [0.05, 0.1) is 23.6 Å². The average Bonchev–Trinajstić information content (AvgIpc) is 3.42. The van der Waals surface area contributed by atoms with E-state index in [1.807, 2.05) is 0 Å². The predicted octanol–water partition coefficient (Wildman–Crippen LogP) is 4.89. The van der Waals surface area contributed by atoms with Crippen LogP contribution in [0, 0.1) is 6.92 Å². The molecule has 1 aliphatic heterocycles. The maximum Gasteiger partial charge on any atom is 0.435 e. The van der Waals surface area contributed by atoms with Crippen LogP contribution in [0.4, 0.5) is 26.3 Å². The number of hydrogen-bond acceptors (Lipinski definition) is 8. The smallest absolute Gasteiger partial charge is 0.435 e. The van der Waals surface area contributed by atoms with Gasteiger partial charge >= 0.3 is 12.4 Å². The van der Waals surface area contributed by atoms with Crippen molar-refractivity contribution in [3.63, 3.8) is 0 Å². The lowest BCUT2D eigenvalue weighted by Gasteiger charge is -2.17. The van der Waals surface area contributed by atoms with E-state index in [1.54, 1.807) is 20.8 Å². The summed E-state index contributed by atoms with van der Waals surface area (Å²) in [6, 6.07) is 3.56. The molecule has 4 rings (SSSR count). The summed E-state index contributed by atoms with van der Waals surface area (Å²) in [5, 5.41) is 11.3. The van der Waals surface area contributed by atoms with E-state index in [1.165, 1.54) is 25.4 Å². The molecular formula is C26H27F6N5O4. The van der Waals surface area contributed by atoms with Crippen molar-refractivity contribution in [3.05, 3.63) is 52.6 Å². The highest BCUT2D eigenvalue weighted by Crippen LogP contribution is 2.36. The molecule has 1 saturated heterocycles. The Bertz CT molecular complexity index is 1420. The second-order valence-corrected chi connectivity index (χ2v) is 10.1. The lowest BCUT2D eigenvalue weighted by atomic mass is 10.0. The van der Waals surface area contributed by atoms with Gasteiger partial charge in [-0.1, -0.05) is 0 Å². The minimum absolute atomic E-state index is 0.00243. The molecule has 3 aromatic heterocycles. The van der Waals surface area contributed by atoms with Gasteiger partial charge in [-0.2, -0.15) is 36.5 Å². The zero-order valence-corrected chi connectivity index (χ0v) is 22.6. The first kappa shape index (κ1) is 30.4. The SMILES string of the molecule is Cc1cc(CCC(=O)Cc2cc(OCC3COC(C)(C)O3)nc(C(F)(F)F)c2)nnc1-c1cn(C)nc1C(F)(F)F. The predicted molar refractivity (Wildman–Crippen MR) is 131 cm³/mol. The monoisotopic (exact) mass is 587 g/mol. The van der Waals surface area contributed by atoms with E-state index in [2.05, 4.69) is 20.3 Å². The second-order valence-electron chi connectivity index (χ2n) is 10.1. The first-order valence-electron chi connectivity index (χ1n) is 12.5. The number of aromatic nitrogens is 5. The first-order valence-corrected chi connectivity index (χ1v) is 12.5. The number of alkyl halides is 6. The van der Waals surface area contributed by atoms with Crippen LogP contribution in [0.1, 0.15) is 48.5 Å². The van der Waals surface area contributed by atoms with Gasteiger partial charge in [0.25, 0.3) is 0 Å². The zero-order valence-electron chi connectivity index (χ0n) is 22.6. The summed E-state index contributed by atoms with van der Waals surface area (Å²) in [6.45, 7) is 5.06. The van der Waals surface area contributed by atoms with E-state index < -0.39 is 35.6 Å². The Kier molecular flexibility index (Phi) is 8.41. The van der Waals surface area contributed by atoms with Gasteiger partial charge in [-0.15, -0.1) is 5.10 Å². The number of pyridine rings is 1. The van der Waals surface area contributed by atoms with Gasteiger partial charge in [-0.3, -0.25) is 9.48 Å². The van der Waals surface area contributed by atoms with Crippen molar-refractivity contribution in [2.75, 3.05) is 13.2 Å². The van der Waals surface area contributed by atoms with E-state index >= 15 is 0 Å². The topological polar surface area (TPSA) is 101 Å². The number of carbonyl (C=O) groups is 1. The van der Waals surface area contributed by atoms with E-state index in [-0.39, 0.29) is 61.0 Å². The van der Waals surface area contributed by atoms with Crippen LogP contribution in [0.3, 0.4) is 0 Å². The molecule has 0 bridgehead atoms. The summed E-state index contributed by atoms with van der Waals surface area (Å²) < 4.78 is 97.9. The number of hydrogen-bond donors (Lipinski definition) is 0. The molecule has 0 saturated carbocycles. The van der Waals surface area contributed by atoms with Crippen LogP contribution >= 0.6 is 0 Å². The molecule has 41 heavy (non-hydrogen) atoms. The number of rotatable bonds is 9. The van der Waals surface area contributed by atoms with Gasteiger partial charge < -0.3 is 14.2 Å². The molecule has 222 valence electrons. The normalized spacial score (nSPS) is 17.2. The summed E-state index contributed by atoms with van der Waals surface area (Å²) in [5.41, 5.74) is -1.72. The molecule has 9 nitrogen and oxygen atoms in total. The van der Waals surface area contributed by atoms with Crippen molar-refractivity contribution in [3.8, 4) is 17.1 Å². The quantitative estimate of drug-likeness (QED) is 0.326. The lowest BCUT2D eigenvalue weighted by Crippen LogP contribution is -2.25. The summed E-state index contributed by atoms with van der Waals surface area (Å²) in [7, 11) is 1.36. The molecule has 1 unspecified atom stereocenters. The van der Waals surface area contributed by atoms with Crippen molar-refractivity contribution in [1.29, 1.82) is 0 Å². The van der Waals surface area contributed by atoms with Crippen LogP contribution in [0.15, 0.2) is 24.4 Å². The van der Waals surface area contributed by atoms with Gasteiger partial charge in [0.15, 0.2) is 11.5 Å². The number of halogens is 6. The number of aryl methyl sites for hydroxylation is 3. The van der Waals surface area contributed by atoms with Crippen LogP contribution in [-0.4, -0.2) is 55.8 Å². The third-order valence-electron chi connectivity index (χ3n) is 6.09. The van der Waals surface area contributed by atoms with Crippen LogP contribution < -0.4 is 4.74 Å². The summed E-state index contributed by atoms with van der Waals surface area (Å²) in [4.78, 5) is 16.2. The van der Waals surface area contributed by atoms with E-state index in [0.29, 0.717) is 11.3 Å². The van der Waals surface area contributed by atoms with Crippen molar-refractivity contribution in [2.24, 2.45) is 7.05 Å². The lowest BCUT2D eigenvalue weighted by molar-refractivity contribution is -0.143. The molecule has 0 spiro atoms. The standard InChI is InChI=1S/C26H27F6N5O4/c1-14-7-16(34-35-22(14)19-11-37(4)36-23(19)26(30,31)32)5-6-17(38)8-15-9-20(25(27,28)29)33-21(10-15)39-12-18-13-40-24(2,3)41-18/h7,9-11,18H,5-6,8,12-13H2,1-4H3. The molecule has 1 aliphatic rings. The fraction of sp³-hybridized carbons (Fsp3) is 0.500. The third-order valence-corrected chi connectivity index (χ3v) is 6.09. The van der Waals surface area contributed by atoms with Gasteiger partial charge in [0.2, 0.25) is 5.88 Å². The first-order chi connectivity index (χ1) is 19.0. The molecule has 3 aromatic rings. The fourth-order valence-corrected chi connectivity index (χ4v) is 4.29. The van der Waals surface area contributed by atoms with Crippen molar-refractivity contribution in [2.45, 2.75) is 64.3 Å². The Hall–Kier alpha value is -3.59. The maximum absolute atomic E-state index is 13.5. The summed E-state index contributed by atoms with van der Waals surface area (Å²) in [6.07, 6.45) is -9.08. The van der Waals surface area contributed by atoms with Gasteiger partial charge in [-0.05, 0) is 50.5 Å². The third kappa shape index (κ3) is 7.79. The molecule has 15 heteroatoms. The van der Waals surface area contributed by atoms with Crippen molar-refractivity contribution < 1.29 is 45.3 Å². The fourth-order valence-electron chi connectivity index (χ4n) is 4.29. The number of nitrogens with zero attached hydrogens (tertiary/aromatic N) is 5. The molecule has 0 aromatic carbocycles. The van der Waals surface area contributed by atoms with Crippen LogP contribution in [0.2, 0.25) is 0 Å². The molecule has 1 fully saturated rings. The molecule has 4 heterocycles. The Morgan fingerprint density at radius 1 is 1.12 bits per heavy atom. The minimum atomic E-state index is -4.76. The van der Waals surface area contributed by atoms with Crippen LogP contribution in [0.5, 0.6) is 5.88 Å². The van der Waals surface area contributed by atoms with E-state index in [0.717, 1.165) is 10.7 Å². The van der Waals surface area contributed by atoms with Gasteiger partial charge in [0, 0.05) is 32.2 Å². The number of ketones is 1. The Balaban J connectivity index is 1.42. The Labute approximate surface area is 230 Å².